The Hall–Kier alpha value is -2.77. The minimum atomic E-state index is -0.569. The number of rotatable bonds is 5. The van der Waals surface area contributed by atoms with Crippen molar-refractivity contribution in [3.05, 3.63) is 35.4 Å². The molecule has 0 fully saturated rings. The first-order valence-corrected chi connectivity index (χ1v) is 10.3. The number of carbonyl (C=O) groups is 2. The fourth-order valence-electron chi connectivity index (χ4n) is 3.13. The molecule has 30 heavy (non-hydrogen) atoms. The van der Waals surface area contributed by atoms with E-state index in [0.717, 1.165) is 13.0 Å². The van der Waals surface area contributed by atoms with Gasteiger partial charge in [-0.2, -0.15) is 0 Å². The lowest BCUT2D eigenvalue weighted by molar-refractivity contribution is -0.130. The fraction of sp³-hybridized carbons (Fsp3) is 0.591. The van der Waals surface area contributed by atoms with Gasteiger partial charge in [-0.05, 0) is 52.2 Å². The molecular weight excluding hydrogens is 382 g/mol. The lowest BCUT2D eigenvalue weighted by Crippen LogP contribution is -2.55. The van der Waals surface area contributed by atoms with Crippen molar-refractivity contribution in [1.29, 1.82) is 0 Å². The number of guanidine groups is 1. The van der Waals surface area contributed by atoms with Crippen LogP contribution in [-0.2, 0) is 22.5 Å². The molecule has 1 aliphatic heterocycles. The molecule has 0 radical (unpaired) electrons. The SMILES string of the molecule is CN=C(NCC(=O)N1CCc2ccccc2C1)NCC(C)(C)NC(=O)OC(C)(C)C. The maximum absolute atomic E-state index is 12.6. The third-order valence-electron chi connectivity index (χ3n) is 4.65. The van der Waals surface area contributed by atoms with Crippen LogP contribution in [-0.4, -0.2) is 60.7 Å². The molecule has 3 N–H and O–H groups in total. The minimum Gasteiger partial charge on any atom is -0.444 e. The molecule has 8 heteroatoms. The predicted octanol–water partition coefficient (Wildman–Crippen LogP) is 2.04. The lowest BCUT2D eigenvalue weighted by atomic mass is 10.00. The number of hydrogen-bond acceptors (Lipinski definition) is 4. The molecule has 166 valence electrons. The van der Waals surface area contributed by atoms with Crippen molar-refractivity contribution in [2.45, 2.75) is 58.7 Å². The summed E-state index contributed by atoms with van der Waals surface area (Å²) < 4.78 is 5.30. The van der Waals surface area contributed by atoms with E-state index in [1.165, 1.54) is 11.1 Å². The zero-order valence-corrected chi connectivity index (χ0v) is 19.0. The monoisotopic (exact) mass is 417 g/mol. The predicted molar refractivity (Wildman–Crippen MR) is 118 cm³/mol. The summed E-state index contributed by atoms with van der Waals surface area (Å²) in [6, 6.07) is 8.23. The van der Waals surface area contributed by atoms with Crippen LogP contribution < -0.4 is 16.0 Å². The van der Waals surface area contributed by atoms with Crippen LogP contribution in [0.5, 0.6) is 0 Å². The Labute approximate surface area is 179 Å². The Morgan fingerprint density at radius 3 is 2.40 bits per heavy atom. The van der Waals surface area contributed by atoms with E-state index in [2.05, 4.69) is 33.1 Å². The summed E-state index contributed by atoms with van der Waals surface area (Å²) in [4.78, 5) is 30.6. The lowest BCUT2D eigenvalue weighted by Gasteiger charge is -2.30. The number of nitrogens with zero attached hydrogens (tertiary/aromatic N) is 2. The van der Waals surface area contributed by atoms with Gasteiger partial charge in [0.05, 0.1) is 12.1 Å². The average molecular weight is 418 g/mol. The molecule has 1 aromatic rings. The summed E-state index contributed by atoms with van der Waals surface area (Å²) in [7, 11) is 1.64. The van der Waals surface area contributed by atoms with Crippen molar-refractivity contribution in [1.82, 2.24) is 20.9 Å². The molecule has 0 unspecified atom stereocenters. The van der Waals surface area contributed by atoms with Gasteiger partial charge >= 0.3 is 6.09 Å². The number of hydrogen-bond donors (Lipinski definition) is 3. The van der Waals surface area contributed by atoms with Gasteiger partial charge in [0, 0.05) is 26.7 Å². The maximum atomic E-state index is 12.6. The summed E-state index contributed by atoms with van der Waals surface area (Å²) in [6.45, 7) is 11.1. The highest BCUT2D eigenvalue weighted by Crippen LogP contribution is 2.18. The summed E-state index contributed by atoms with van der Waals surface area (Å²) in [5, 5.41) is 9.04. The number of alkyl carbamates (subject to hydrolysis) is 1. The first kappa shape index (κ1) is 23.5. The van der Waals surface area contributed by atoms with Gasteiger partial charge < -0.3 is 25.6 Å². The number of amides is 2. The van der Waals surface area contributed by atoms with Gasteiger partial charge in [-0.3, -0.25) is 9.79 Å². The average Bonchev–Trinajstić information content (AvgIpc) is 2.65. The highest BCUT2D eigenvalue weighted by atomic mass is 16.6. The quantitative estimate of drug-likeness (QED) is 0.503. The third kappa shape index (κ3) is 7.57. The van der Waals surface area contributed by atoms with E-state index in [1.54, 1.807) is 7.05 Å². The normalized spacial score (nSPS) is 14.6. The van der Waals surface area contributed by atoms with Crippen molar-refractivity contribution in [2.24, 2.45) is 4.99 Å². The summed E-state index contributed by atoms with van der Waals surface area (Å²) in [6.07, 6.45) is 0.400. The Balaban J connectivity index is 1.79. The summed E-state index contributed by atoms with van der Waals surface area (Å²) >= 11 is 0. The van der Waals surface area contributed by atoms with Crippen LogP contribution in [0.2, 0.25) is 0 Å². The molecule has 2 amide bonds. The Kier molecular flexibility index (Phi) is 7.70. The molecule has 1 aromatic carbocycles. The van der Waals surface area contributed by atoms with Crippen LogP contribution >= 0.6 is 0 Å². The third-order valence-corrected chi connectivity index (χ3v) is 4.65. The highest BCUT2D eigenvalue weighted by Gasteiger charge is 2.25. The molecule has 0 saturated heterocycles. The zero-order chi connectivity index (χ0) is 22.4. The number of nitrogens with one attached hydrogen (secondary N) is 3. The first-order chi connectivity index (χ1) is 14.0. The number of fused-ring (bicyclic) bond motifs is 1. The molecule has 0 aliphatic carbocycles. The molecule has 0 saturated carbocycles. The van der Waals surface area contributed by atoms with Gasteiger partial charge in [0.1, 0.15) is 5.60 Å². The van der Waals surface area contributed by atoms with Crippen LogP contribution in [0.25, 0.3) is 0 Å². The number of carbonyl (C=O) groups excluding carboxylic acids is 2. The van der Waals surface area contributed by atoms with E-state index in [4.69, 9.17) is 4.74 Å². The van der Waals surface area contributed by atoms with E-state index in [0.29, 0.717) is 19.0 Å². The van der Waals surface area contributed by atoms with Crippen LogP contribution in [0.1, 0.15) is 45.7 Å². The van der Waals surface area contributed by atoms with Crippen molar-refractivity contribution >= 4 is 18.0 Å². The molecule has 0 atom stereocenters. The van der Waals surface area contributed by atoms with Crippen molar-refractivity contribution < 1.29 is 14.3 Å². The van der Waals surface area contributed by atoms with Gasteiger partial charge in [0.15, 0.2) is 5.96 Å². The Morgan fingerprint density at radius 2 is 1.77 bits per heavy atom. The van der Waals surface area contributed by atoms with Crippen LogP contribution in [0.4, 0.5) is 4.79 Å². The minimum absolute atomic E-state index is 0.0265. The van der Waals surface area contributed by atoms with Gasteiger partial charge in [0.25, 0.3) is 0 Å². The highest BCUT2D eigenvalue weighted by molar-refractivity contribution is 5.86. The summed E-state index contributed by atoms with van der Waals surface area (Å²) in [5.41, 5.74) is 1.39. The van der Waals surface area contributed by atoms with E-state index in [9.17, 15) is 9.59 Å². The smallest absolute Gasteiger partial charge is 0.408 e. The van der Waals surface area contributed by atoms with Crippen LogP contribution in [0.3, 0.4) is 0 Å². The molecule has 8 nitrogen and oxygen atoms in total. The molecule has 0 spiro atoms. The van der Waals surface area contributed by atoms with Crippen LogP contribution in [0.15, 0.2) is 29.3 Å². The first-order valence-electron chi connectivity index (χ1n) is 10.3. The maximum Gasteiger partial charge on any atom is 0.408 e. The topological polar surface area (TPSA) is 95.1 Å². The molecule has 1 heterocycles. The standard InChI is InChI=1S/C22H35N5O3/c1-21(2,3)30-20(29)26-22(4,5)15-25-19(23-6)24-13-18(28)27-12-11-16-9-7-8-10-17(16)14-27/h7-10H,11-15H2,1-6H3,(H,26,29)(H2,23,24,25). The second-order valence-electron chi connectivity index (χ2n) is 9.12. The van der Waals surface area contributed by atoms with Gasteiger partial charge in [-0.1, -0.05) is 24.3 Å². The largest absolute Gasteiger partial charge is 0.444 e. The second-order valence-corrected chi connectivity index (χ2v) is 9.12. The van der Waals surface area contributed by atoms with Crippen molar-refractivity contribution in [2.75, 3.05) is 26.7 Å². The second kappa shape index (κ2) is 9.82. The van der Waals surface area contributed by atoms with Crippen molar-refractivity contribution in [3.8, 4) is 0 Å². The number of aliphatic imine (C=N–C) groups is 1. The Morgan fingerprint density at radius 1 is 1.10 bits per heavy atom. The molecule has 0 aromatic heterocycles. The molecule has 0 bridgehead atoms. The van der Waals surface area contributed by atoms with Gasteiger partial charge in [-0.25, -0.2) is 4.79 Å². The van der Waals surface area contributed by atoms with E-state index in [-0.39, 0.29) is 12.5 Å². The zero-order valence-electron chi connectivity index (χ0n) is 19.0. The van der Waals surface area contributed by atoms with Gasteiger partial charge in [0.2, 0.25) is 5.91 Å². The van der Waals surface area contributed by atoms with Crippen molar-refractivity contribution in [3.63, 3.8) is 0 Å². The van der Waals surface area contributed by atoms with E-state index in [1.807, 2.05) is 51.7 Å². The number of ether oxygens (including phenoxy) is 1. The van der Waals surface area contributed by atoms with Crippen LogP contribution in [0, 0.1) is 0 Å². The summed E-state index contributed by atoms with van der Waals surface area (Å²) in [5.74, 6) is 0.526. The Bertz CT molecular complexity index is 783. The number of benzene rings is 1. The van der Waals surface area contributed by atoms with Gasteiger partial charge in [-0.15, -0.1) is 0 Å². The fourth-order valence-corrected chi connectivity index (χ4v) is 3.13. The van der Waals surface area contributed by atoms with E-state index >= 15 is 0 Å². The van der Waals surface area contributed by atoms with E-state index < -0.39 is 17.2 Å². The molecular formula is C22H35N5O3. The molecule has 1 aliphatic rings. The molecule has 2 rings (SSSR count).